The van der Waals surface area contributed by atoms with E-state index >= 15 is 0 Å². The lowest BCUT2D eigenvalue weighted by atomic mass is 10.3. The van der Waals surface area contributed by atoms with E-state index in [1.165, 1.54) is 9.58 Å². The fraction of sp³-hybridized carbons (Fsp3) is 0.583. The van der Waals surface area contributed by atoms with Gasteiger partial charge in [-0.05, 0) is 13.3 Å². The van der Waals surface area contributed by atoms with E-state index in [9.17, 15) is 14.4 Å². The minimum atomic E-state index is -0.507. The standard InChI is InChI=1S/C12H18N6O3/c1-8(13)9-5-18(16-15-9)7-11(20)14-10(19)6-17-4-2-3-12(17)21/h5,8H,2-4,6-7,13H2,1H3,(H,14,19,20). The van der Waals surface area contributed by atoms with Gasteiger partial charge in [-0.3, -0.25) is 19.7 Å². The van der Waals surface area contributed by atoms with Crippen LogP contribution in [-0.4, -0.2) is 50.7 Å². The number of hydrogen-bond donors (Lipinski definition) is 2. The van der Waals surface area contributed by atoms with Gasteiger partial charge in [-0.2, -0.15) is 0 Å². The van der Waals surface area contributed by atoms with Gasteiger partial charge in [0.15, 0.2) is 0 Å². The highest BCUT2D eigenvalue weighted by molar-refractivity contribution is 5.97. The third-order valence-electron chi connectivity index (χ3n) is 3.11. The molecule has 3 amide bonds. The van der Waals surface area contributed by atoms with Crippen molar-refractivity contribution in [2.75, 3.05) is 13.1 Å². The van der Waals surface area contributed by atoms with Crippen LogP contribution in [0.4, 0.5) is 0 Å². The molecule has 2 rings (SSSR count). The Morgan fingerprint density at radius 1 is 1.43 bits per heavy atom. The van der Waals surface area contributed by atoms with Crippen molar-refractivity contribution in [2.45, 2.75) is 32.4 Å². The van der Waals surface area contributed by atoms with Crippen LogP contribution in [0.2, 0.25) is 0 Å². The summed E-state index contributed by atoms with van der Waals surface area (Å²) in [6, 6.07) is -0.273. The van der Waals surface area contributed by atoms with Crippen molar-refractivity contribution in [3.05, 3.63) is 11.9 Å². The molecule has 1 fully saturated rings. The summed E-state index contributed by atoms with van der Waals surface area (Å²) in [7, 11) is 0. The van der Waals surface area contributed by atoms with E-state index in [4.69, 9.17) is 5.73 Å². The molecule has 1 aromatic heterocycles. The first-order chi connectivity index (χ1) is 9.95. The van der Waals surface area contributed by atoms with Crippen LogP contribution < -0.4 is 11.1 Å². The summed E-state index contributed by atoms with van der Waals surface area (Å²) < 4.78 is 1.31. The van der Waals surface area contributed by atoms with Gasteiger partial charge in [-0.15, -0.1) is 5.10 Å². The molecule has 0 radical (unpaired) electrons. The van der Waals surface area contributed by atoms with E-state index in [0.717, 1.165) is 6.42 Å². The van der Waals surface area contributed by atoms with E-state index in [1.807, 2.05) is 0 Å². The zero-order valence-electron chi connectivity index (χ0n) is 11.8. The lowest BCUT2D eigenvalue weighted by Crippen LogP contribution is -2.41. The largest absolute Gasteiger partial charge is 0.333 e. The van der Waals surface area contributed by atoms with Gasteiger partial charge < -0.3 is 10.6 Å². The predicted octanol–water partition coefficient (Wildman–Crippen LogP) is -1.44. The van der Waals surface area contributed by atoms with Gasteiger partial charge in [0.1, 0.15) is 6.54 Å². The predicted molar refractivity (Wildman–Crippen MR) is 71.6 cm³/mol. The molecule has 114 valence electrons. The molecule has 9 heteroatoms. The summed E-state index contributed by atoms with van der Waals surface area (Å²) in [4.78, 5) is 36.2. The Hall–Kier alpha value is -2.29. The van der Waals surface area contributed by atoms with Crippen molar-refractivity contribution in [2.24, 2.45) is 5.73 Å². The number of aromatic nitrogens is 3. The number of nitrogens with two attached hydrogens (primary N) is 1. The van der Waals surface area contributed by atoms with Gasteiger partial charge in [0.25, 0.3) is 0 Å². The van der Waals surface area contributed by atoms with Crippen LogP contribution in [0.3, 0.4) is 0 Å². The molecule has 1 aliphatic heterocycles. The first-order valence-corrected chi connectivity index (χ1v) is 6.72. The zero-order valence-corrected chi connectivity index (χ0v) is 11.8. The van der Waals surface area contributed by atoms with Crippen molar-refractivity contribution < 1.29 is 14.4 Å². The van der Waals surface area contributed by atoms with Crippen molar-refractivity contribution >= 4 is 17.7 Å². The van der Waals surface area contributed by atoms with Crippen LogP contribution in [-0.2, 0) is 20.9 Å². The normalized spacial score (nSPS) is 16.1. The van der Waals surface area contributed by atoms with E-state index in [0.29, 0.717) is 18.7 Å². The van der Waals surface area contributed by atoms with Crippen LogP contribution in [0.25, 0.3) is 0 Å². The number of carbonyl (C=O) groups is 3. The summed E-state index contributed by atoms with van der Waals surface area (Å²) in [6.45, 7) is 2.10. The van der Waals surface area contributed by atoms with E-state index in [-0.39, 0.29) is 25.0 Å². The zero-order chi connectivity index (χ0) is 15.4. The number of hydrogen-bond acceptors (Lipinski definition) is 6. The molecule has 0 spiro atoms. The SMILES string of the molecule is CC(N)c1cn(CC(=O)NC(=O)CN2CCCC2=O)nn1. The van der Waals surface area contributed by atoms with E-state index < -0.39 is 11.8 Å². The summed E-state index contributed by atoms with van der Waals surface area (Å²) >= 11 is 0. The lowest BCUT2D eigenvalue weighted by molar-refractivity contribution is -0.136. The molecule has 0 bridgehead atoms. The molecule has 21 heavy (non-hydrogen) atoms. The summed E-state index contributed by atoms with van der Waals surface area (Å²) in [6.07, 6.45) is 2.76. The van der Waals surface area contributed by atoms with Gasteiger partial charge in [0.05, 0.1) is 18.4 Å². The summed E-state index contributed by atoms with van der Waals surface area (Å²) in [5.74, 6) is -1.06. The van der Waals surface area contributed by atoms with Crippen LogP contribution in [0.15, 0.2) is 6.20 Å². The molecule has 1 aromatic rings. The molecule has 3 N–H and O–H groups in total. The first-order valence-electron chi connectivity index (χ1n) is 6.72. The van der Waals surface area contributed by atoms with Crippen LogP contribution in [0.1, 0.15) is 31.5 Å². The average Bonchev–Trinajstić information content (AvgIpc) is 2.99. The monoisotopic (exact) mass is 294 g/mol. The van der Waals surface area contributed by atoms with Crippen LogP contribution in [0, 0.1) is 0 Å². The molecule has 0 aromatic carbocycles. The van der Waals surface area contributed by atoms with Gasteiger partial charge in [-0.1, -0.05) is 5.21 Å². The Labute approximate surface area is 121 Å². The van der Waals surface area contributed by atoms with Crippen molar-refractivity contribution in [3.8, 4) is 0 Å². The number of amides is 3. The third kappa shape index (κ3) is 4.09. The van der Waals surface area contributed by atoms with Gasteiger partial charge in [0, 0.05) is 19.0 Å². The second kappa shape index (κ2) is 6.44. The number of nitrogens with one attached hydrogen (secondary N) is 1. The Morgan fingerprint density at radius 2 is 2.14 bits per heavy atom. The van der Waals surface area contributed by atoms with Crippen molar-refractivity contribution in [3.63, 3.8) is 0 Å². The van der Waals surface area contributed by atoms with Crippen LogP contribution >= 0.6 is 0 Å². The number of imide groups is 1. The lowest BCUT2D eigenvalue weighted by Gasteiger charge is -2.14. The molecule has 9 nitrogen and oxygen atoms in total. The Morgan fingerprint density at radius 3 is 2.71 bits per heavy atom. The molecule has 1 unspecified atom stereocenters. The number of rotatable bonds is 5. The molecule has 1 saturated heterocycles. The van der Waals surface area contributed by atoms with Gasteiger partial charge in [-0.25, -0.2) is 4.68 Å². The maximum absolute atomic E-state index is 11.7. The molecule has 2 heterocycles. The minimum Gasteiger partial charge on any atom is -0.333 e. The summed E-state index contributed by atoms with van der Waals surface area (Å²) in [5, 5.41) is 9.78. The molecule has 0 saturated carbocycles. The number of likely N-dealkylation sites (tertiary alicyclic amines) is 1. The van der Waals surface area contributed by atoms with E-state index in [2.05, 4.69) is 15.6 Å². The average molecular weight is 294 g/mol. The fourth-order valence-electron chi connectivity index (χ4n) is 2.03. The quantitative estimate of drug-likeness (QED) is 0.685. The molecular formula is C12H18N6O3. The minimum absolute atomic E-state index is 0.0598. The van der Waals surface area contributed by atoms with Crippen molar-refractivity contribution in [1.29, 1.82) is 0 Å². The van der Waals surface area contributed by atoms with Gasteiger partial charge >= 0.3 is 0 Å². The second-order valence-corrected chi connectivity index (χ2v) is 5.02. The Balaban J connectivity index is 1.80. The second-order valence-electron chi connectivity index (χ2n) is 5.02. The number of carbonyl (C=O) groups excluding carboxylic acids is 3. The summed E-state index contributed by atoms with van der Waals surface area (Å²) in [5.41, 5.74) is 6.20. The Kier molecular flexibility index (Phi) is 4.63. The smallest absolute Gasteiger partial charge is 0.248 e. The maximum Gasteiger partial charge on any atom is 0.248 e. The van der Waals surface area contributed by atoms with Crippen molar-refractivity contribution in [1.82, 2.24) is 25.2 Å². The number of nitrogens with zero attached hydrogens (tertiary/aromatic N) is 4. The third-order valence-corrected chi connectivity index (χ3v) is 3.11. The van der Waals surface area contributed by atoms with Gasteiger partial charge in [0.2, 0.25) is 17.7 Å². The maximum atomic E-state index is 11.7. The van der Waals surface area contributed by atoms with Crippen LogP contribution in [0.5, 0.6) is 0 Å². The highest BCUT2D eigenvalue weighted by Gasteiger charge is 2.23. The molecule has 0 aliphatic carbocycles. The topological polar surface area (TPSA) is 123 Å². The Bertz CT molecular complexity index is 553. The van der Waals surface area contributed by atoms with E-state index in [1.54, 1.807) is 13.1 Å². The molecule has 1 atom stereocenters. The first kappa shape index (κ1) is 15.1. The molecule has 1 aliphatic rings. The molecular weight excluding hydrogens is 276 g/mol. The highest BCUT2D eigenvalue weighted by Crippen LogP contribution is 2.08. The fourth-order valence-corrected chi connectivity index (χ4v) is 2.03. The highest BCUT2D eigenvalue weighted by atomic mass is 16.2.